The Hall–Kier alpha value is -1.42. The van der Waals surface area contributed by atoms with Gasteiger partial charge in [0.25, 0.3) is 0 Å². The Morgan fingerprint density at radius 3 is 2.85 bits per heavy atom. The Balaban J connectivity index is 2.42. The van der Waals surface area contributed by atoms with Crippen molar-refractivity contribution in [2.75, 3.05) is 7.05 Å². The van der Waals surface area contributed by atoms with Crippen LogP contribution in [-0.2, 0) is 11.2 Å². The SMILES string of the molecule is CNC(=O)CC1(O)CCc2cc(F)ccc2C1C(C)C. The van der Waals surface area contributed by atoms with Gasteiger partial charge in [-0.15, -0.1) is 0 Å². The van der Waals surface area contributed by atoms with Crippen molar-refractivity contribution in [2.24, 2.45) is 5.92 Å². The molecule has 1 aliphatic carbocycles. The molecular weight excluding hydrogens is 257 g/mol. The quantitative estimate of drug-likeness (QED) is 0.892. The monoisotopic (exact) mass is 279 g/mol. The molecule has 3 nitrogen and oxygen atoms in total. The van der Waals surface area contributed by atoms with Gasteiger partial charge < -0.3 is 10.4 Å². The second-order valence-corrected chi connectivity index (χ2v) is 6.02. The third kappa shape index (κ3) is 2.70. The number of rotatable bonds is 3. The average Bonchev–Trinajstić information content (AvgIpc) is 2.38. The fraction of sp³-hybridized carbons (Fsp3) is 0.562. The second kappa shape index (κ2) is 5.52. The molecule has 1 aromatic rings. The molecule has 0 fully saturated rings. The zero-order chi connectivity index (χ0) is 14.9. The van der Waals surface area contributed by atoms with Crippen LogP contribution in [0.4, 0.5) is 4.39 Å². The Morgan fingerprint density at radius 2 is 2.25 bits per heavy atom. The van der Waals surface area contributed by atoms with Crippen LogP contribution in [0, 0.1) is 11.7 Å². The second-order valence-electron chi connectivity index (χ2n) is 6.02. The molecule has 20 heavy (non-hydrogen) atoms. The maximum Gasteiger partial charge on any atom is 0.222 e. The van der Waals surface area contributed by atoms with Gasteiger partial charge in [0.1, 0.15) is 5.82 Å². The molecule has 1 amide bonds. The van der Waals surface area contributed by atoms with Crippen molar-refractivity contribution in [2.45, 2.75) is 44.6 Å². The molecule has 0 bridgehead atoms. The minimum Gasteiger partial charge on any atom is -0.389 e. The summed E-state index contributed by atoms with van der Waals surface area (Å²) in [4.78, 5) is 11.7. The molecule has 1 aliphatic rings. The number of nitrogens with one attached hydrogen (secondary N) is 1. The Morgan fingerprint density at radius 1 is 1.55 bits per heavy atom. The smallest absolute Gasteiger partial charge is 0.222 e. The minimum atomic E-state index is -1.06. The van der Waals surface area contributed by atoms with Crippen molar-refractivity contribution in [1.29, 1.82) is 0 Å². The highest BCUT2D eigenvalue weighted by Crippen LogP contribution is 2.45. The summed E-state index contributed by atoms with van der Waals surface area (Å²) in [6.45, 7) is 4.05. The van der Waals surface area contributed by atoms with Gasteiger partial charge in [-0.1, -0.05) is 19.9 Å². The summed E-state index contributed by atoms with van der Waals surface area (Å²) in [5.41, 5.74) is 0.864. The standard InChI is InChI=1S/C16H22FNO2/c1-10(2)15-13-5-4-12(17)8-11(13)6-7-16(15,20)9-14(19)18-3/h4-5,8,10,15,20H,6-7,9H2,1-3H3,(H,18,19). The maximum atomic E-state index is 13.4. The van der Waals surface area contributed by atoms with Crippen LogP contribution in [0.15, 0.2) is 18.2 Å². The highest BCUT2D eigenvalue weighted by molar-refractivity contribution is 5.77. The first-order valence-corrected chi connectivity index (χ1v) is 7.08. The maximum absolute atomic E-state index is 13.4. The molecule has 0 saturated heterocycles. The molecule has 2 atom stereocenters. The number of aryl methyl sites for hydroxylation is 1. The molecule has 0 heterocycles. The fourth-order valence-electron chi connectivity index (χ4n) is 3.43. The van der Waals surface area contributed by atoms with Crippen LogP contribution in [0.3, 0.4) is 0 Å². The number of aliphatic hydroxyl groups is 1. The predicted molar refractivity (Wildman–Crippen MR) is 75.9 cm³/mol. The molecule has 2 N–H and O–H groups in total. The van der Waals surface area contributed by atoms with E-state index in [1.54, 1.807) is 19.2 Å². The molecule has 2 rings (SSSR count). The zero-order valence-electron chi connectivity index (χ0n) is 12.2. The molecule has 1 aromatic carbocycles. The third-order valence-electron chi connectivity index (χ3n) is 4.26. The van der Waals surface area contributed by atoms with Crippen LogP contribution >= 0.6 is 0 Å². The van der Waals surface area contributed by atoms with Gasteiger partial charge in [-0.3, -0.25) is 4.79 Å². The van der Waals surface area contributed by atoms with Crippen molar-refractivity contribution in [1.82, 2.24) is 5.32 Å². The lowest BCUT2D eigenvalue weighted by atomic mass is 9.66. The van der Waals surface area contributed by atoms with Gasteiger partial charge in [-0.2, -0.15) is 0 Å². The lowest BCUT2D eigenvalue weighted by Gasteiger charge is -2.43. The van der Waals surface area contributed by atoms with E-state index in [1.165, 1.54) is 6.07 Å². The van der Waals surface area contributed by atoms with Crippen molar-refractivity contribution in [3.63, 3.8) is 0 Å². The van der Waals surface area contributed by atoms with E-state index in [-0.39, 0.29) is 30.0 Å². The minimum absolute atomic E-state index is 0.0865. The Bertz CT molecular complexity index is 515. The molecule has 0 saturated carbocycles. The number of carbonyl (C=O) groups is 1. The molecule has 2 unspecified atom stereocenters. The van der Waals surface area contributed by atoms with E-state index in [0.717, 1.165) is 11.1 Å². The van der Waals surface area contributed by atoms with Gasteiger partial charge in [0.2, 0.25) is 5.91 Å². The van der Waals surface area contributed by atoms with Gasteiger partial charge in [0.15, 0.2) is 0 Å². The number of halogens is 1. The van der Waals surface area contributed by atoms with Gasteiger partial charge in [-0.25, -0.2) is 4.39 Å². The van der Waals surface area contributed by atoms with E-state index in [0.29, 0.717) is 12.8 Å². The lowest BCUT2D eigenvalue weighted by molar-refractivity contribution is -0.128. The lowest BCUT2D eigenvalue weighted by Crippen LogP contribution is -2.46. The molecule has 0 radical (unpaired) electrons. The molecular formula is C16H22FNO2. The van der Waals surface area contributed by atoms with E-state index in [1.807, 2.05) is 13.8 Å². The first-order valence-electron chi connectivity index (χ1n) is 7.08. The number of fused-ring (bicyclic) bond motifs is 1. The normalized spacial score (nSPS) is 25.4. The van der Waals surface area contributed by atoms with Crippen LogP contribution < -0.4 is 5.32 Å². The number of hydrogen-bond acceptors (Lipinski definition) is 2. The molecule has 0 aromatic heterocycles. The highest BCUT2D eigenvalue weighted by atomic mass is 19.1. The Labute approximate surface area is 119 Å². The van der Waals surface area contributed by atoms with Crippen molar-refractivity contribution >= 4 is 5.91 Å². The number of benzene rings is 1. The number of hydrogen-bond donors (Lipinski definition) is 2. The summed E-state index contributed by atoms with van der Waals surface area (Å²) in [5.74, 6) is -0.384. The number of carbonyl (C=O) groups excluding carboxylic acids is 1. The zero-order valence-corrected chi connectivity index (χ0v) is 12.2. The molecule has 4 heteroatoms. The summed E-state index contributed by atoms with van der Waals surface area (Å²) in [6, 6.07) is 4.73. The van der Waals surface area contributed by atoms with Gasteiger partial charge >= 0.3 is 0 Å². The van der Waals surface area contributed by atoms with Crippen molar-refractivity contribution in [3.8, 4) is 0 Å². The summed E-state index contributed by atoms with van der Waals surface area (Å²) in [7, 11) is 1.57. The highest BCUT2D eigenvalue weighted by Gasteiger charge is 2.44. The van der Waals surface area contributed by atoms with Gasteiger partial charge in [0.05, 0.1) is 12.0 Å². The predicted octanol–water partition coefficient (Wildman–Crippen LogP) is 2.38. The summed E-state index contributed by atoms with van der Waals surface area (Å²) < 4.78 is 13.4. The van der Waals surface area contributed by atoms with Crippen molar-refractivity contribution in [3.05, 3.63) is 35.1 Å². The first kappa shape index (κ1) is 15.0. The summed E-state index contributed by atoms with van der Waals surface area (Å²) in [6.07, 6.45) is 1.17. The summed E-state index contributed by atoms with van der Waals surface area (Å²) >= 11 is 0. The van der Waals surface area contributed by atoms with Gasteiger partial charge in [-0.05, 0) is 42.0 Å². The topological polar surface area (TPSA) is 49.3 Å². The molecule has 0 spiro atoms. The average molecular weight is 279 g/mol. The number of amides is 1. The van der Waals surface area contributed by atoms with Gasteiger partial charge in [0, 0.05) is 13.0 Å². The fourth-order valence-corrected chi connectivity index (χ4v) is 3.43. The van der Waals surface area contributed by atoms with Crippen LogP contribution in [0.25, 0.3) is 0 Å². The van der Waals surface area contributed by atoms with Crippen LogP contribution in [-0.4, -0.2) is 23.7 Å². The van der Waals surface area contributed by atoms with Crippen LogP contribution in [0.2, 0.25) is 0 Å². The van der Waals surface area contributed by atoms with Crippen molar-refractivity contribution < 1.29 is 14.3 Å². The molecule has 110 valence electrons. The Kier molecular flexibility index (Phi) is 4.14. The first-order chi connectivity index (χ1) is 9.37. The van der Waals surface area contributed by atoms with Crippen LogP contribution in [0.5, 0.6) is 0 Å². The van der Waals surface area contributed by atoms with E-state index in [4.69, 9.17) is 0 Å². The van der Waals surface area contributed by atoms with E-state index in [9.17, 15) is 14.3 Å². The van der Waals surface area contributed by atoms with E-state index < -0.39 is 5.60 Å². The summed E-state index contributed by atoms with van der Waals surface area (Å²) in [5, 5.41) is 13.5. The van der Waals surface area contributed by atoms with E-state index >= 15 is 0 Å². The largest absolute Gasteiger partial charge is 0.389 e. The molecule has 0 aliphatic heterocycles. The third-order valence-corrected chi connectivity index (χ3v) is 4.26. The van der Waals surface area contributed by atoms with E-state index in [2.05, 4.69) is 5.32 Å². The van der Waals surface area contributed by atoms with Crippen LogP contribution in [0.1, 0.15) is 43.7 Å².